The minimum atomic E-state index is -4.61. The molecule has 9 heteroatoms. The van der Waals surface area contributed by atoms with Crippen LogP contribution in [0.5, 0.6) is 0 Å². The number of rotatable bonds is 54. The molecule has 0 aromatic heterocycles. The summed E-state index contributed by atoms with van der Waals surface area (Å²) in [5.41, 5.74) is 0. The number of nitrogens with zero attached hydrogens (tertiary/aromatic N) is 1. The number of hydrogen-bond acceptors (Lipinski definition) is 6. The third kappa shape index (κ3) is 52.5. The summed E-state index contributed by atoms with van der Waals surface area (Å²) >= 11 is 0. The van der Waals surface area contributed by atoms with Crippen molar-refractivity contribution in [3.05, 3.63) is 36.5 Å². The lowest BCUT2D eigenvalue weighted by molar-refractivity contribution is -0.870. The predicted molar refractivity (Wildman–Crippen MR) is 293 cm³/mol. The third-order valence-corrected chi connectivity index (χ3v) is 14.3. The maximum absolute atomic E-state index is 13.0. The summed E-state index contributed by atoms with van der Waals surface area (Å²) in [6, 6.07) is -0.906. The molecule has 0 fully saturated rings. The normalized spacial score (nSPS) is 14.2. The lowest BCUT2D eigenvalue weighted by Crippen LogP contribution is -2.45. The lowest BCUT2D eigenvalue weighted by atomic mass is 10.0. The molecule has 0 heterocycles. The number of quaternary nitrogens is 1. The fourth-order valence-corrected chi connectivity index (χ4v) is 9.42. The van der Waals surface area contributed by atoms with Crippen molar-refractivity contribution in [2.45, 2.75) is 296 Å². The Labute approximate surface area is 423 Å². The van der Waals surface area contributed by atoms with E-state index in [1.807, 2.05) is 27.2 Å². The van der Waals surface area contributed by atoms with Crippen LogP contribution in [-0.2, 0) is 18.4 Å². The van der Waals surface area contributed by atoms with E-state index in [0.29, 0.717) is 17.4 Å². The summed E-state index contributed by atoms with van der Waals surface area (Å²) in [6.07, 6.45) is 65.1. The number of hydrogen-bond donors (Lipinski definition) is 2. The Morgan fingerprint density at radius 1 is 0.500 bits per heavy atom. The van der Waals surface area contributed by atoms with Crippen LogP contribution in [0.25, 0.3) is 0 Å². The monoisotopic (exact) mass is 979 g/mol. The maximum Gasteiger partial charge on any atom is 0.268 e. The van der Waals surface area contributed by atoms with Gasteiger partial charge in [0.25, 0.3) is 7.82 Å². The largest absolute Gasteiger partial charge is 0.756 e. The van der Waals surface area contributed by atoms with Crippen molar-refractivity contribution >= 4 is 13.7 Å². The van der Waals surface area contributed by atoms with Crippen LogP contribution in [0, 0.1) is 0 Å². The maximum atomic E-state index is 13.0. The van der Waals surface area contributed by atoms with Crippen LogP contribution in [0.2, 0.25) is 0 Å². The number of phosphoric ester groups is 1. The molecule has 0 aliphatic rings. The van der Waals surface area contributed by atoms with E-state index in [1.54, 1.807) is 6.08 Å². The van der Waals surface area contributed by atoms with Gasteiger partial charge in [0.15, 0.2) is 0 Å². The SMILES string of the molecule is CCCCCCCCCCCCCC/C=C\CCCCCCCCCC(=O)NC(COP(=O)([O-])OCC[N+](C)(C)C)C(O)/C=C/CC/C=C/CCCCCCCCCCCCCCCCCCC. The molecule has 3 atom stereocenters. The molecule has 0 aromatic rings. The number of aliphatic hydroxyl groups excluding tert-OH is 1. The second-order valence-electron chi connectivity index (χ2n) is 21.3. The van der Waals surface area contributed by atoms with Gasteiger partial charge in [-0.1, -0.05) is 256 Å². The fourth-order valence-electron chi connectivity index (χ4n) is 8.70. The van der Waals surface area contributed by atoms with E-state index >= 15 is 0 Å². The Morgan fingerprint density at radius 3 is 1.19 bits per heavy atom. The van der Waals surface area contributed by atoms with Gasteiger partial charge in [-0.05, 0) is 57.8 Å². The van der Waals surface area contributed by atoms with Gasteiger partial charge < -0.3 is 28.8 Å². The minimum absolute atomic E-state index is 0.00658. The van der Waals surface area contributed by atoms with Crippen molar-refractivity contribution in [3.8, 4) is 0 Å². The van der Waals surface area contributed by atoms with Crippen LogP contribution in [0.15, 0.2) is 36.5 Å². The first kappa shape index (κ1) is 66.7. The topological polar surface area (TPSA) is 108 Å². The lowest BCUT2D eigenvalue weighted by Gasteiger charge is -2.29. The highest BCUT2D eigenvalue weighted by atomic mass is 31.2. The highest BCUT2D eigenvalue weighted by Gasteiger charge is 2.23. The molecule has 0 bridgehead atoms. The molecule has 402 valence electrons. The Kier molecular flexibility index (Phi) is 49.7. The van der Waals surface area contributed by atoms with Crippen LogP contribution < -0.4 is 10.2 Å². The number of phosphoric acid groups is 1. The molecule has 2 N–H and O–H groups in total. The van der Waals surface area contributed by atoms with Crippen LogP contribution in [0.3, 0.4) is 0 Å². The number of likely N-dealkylation sites (N-methyl/N-ethyl adjacent to an activating group) is 1. The highest BCUT2D eigenvalue weighted by molar-refractivity contribution is 7.45. The molecule has 0 aliphatic carbocycles. The summed E-state index contributed by atoms with van der Waals surface area (Å²) in [6.45, 7) is 4.66. The molecule has 8 nitrogen and oxygen atoms in total. The zero-order chi connectivity index (χ0) is 49.9. The average molecular weight is 980 g/mol. The number of unbranched alkanes of at least 4 members (excludes halogenated alkanes) is 37. The standard InChI is InChI=1S/C59H115N2O6P/c1-6-8-10-12-14-16-18-20-22-24-26-28-30-32-34-36-38-40-42-44-46-48-50-52-58(62)57(56-67-68(64,65)66-55-54-61(3,4)5)60-59(63)53-51-49-47-45-43-41-39-37-35-33-31-29-27-25-23-21-19-17-15-13-11-9-7-2/h33,35,42,44,50,52,57-58,62H,6-32,34,36-41,43,45-49,51,53-56H2,1-5H3,(H-,60,63,64,65)/b35-33-,44-42+,52-50+. The van der Waals surface area contributed by atoms with Crippen LogP contribution >= 0.6 is 7.82 Å². The van der Waals surface area contributed by atoms with Crippen LogP contribution in [0.4, 0.5) is 0 Å². The molecule has 0 spiro atoms. The van der Waals surface area contributed by atoms with Crippen molar-refractivity contribution in [2.24, 2.45) is 0 Å². The van der Waals surface area contributed by atoms with Gasteiger partial charge >= 0.3 is 0 Å². The van der Waals surface area contributed by atoms with Gasteiger partial charge in [-0.3, -0.25) is 9.36 Å². The smallest absolute Gasteiger partial charge is 0.268 e. The first-order chi connectivity index (χ1) is 33.0. The average Bonchev–Trinajstić information content (AvgIpc) is 3.30. The molecule has 0 aliphatic heterocycles. The van der Waals surface area contributed by atoms with Crippen LogP contribution in [-0.4, -0.2) is 68.5 Å². The summed E-state index contributed by atoms with van der Waals surface area (Å²) < 4.78 is 23.3. The number of carbonyl (C=O) groups excluding carboxylic acids is 1. The summed E-state index contributed by atoms with van der Waals surface area (Å²) in [4.78, 5) is 25.5. The van der Waals surface area contributed by atoms with E-state index in [9.17, 15) is 19.4 Å². The van der Waals surface area contributed by atoms with E-state index in [2.05, 4.69) is 43.5 Å². The van der Waals surface area contributed by atoms with E-state index in [0.717, 1.165) is 38.5 Å². The molecule has 0 saturated heterocycles. The van der Waals surface area contributed by atoms with Gasteiger partial charge in [0.2, 0.25) is 5.91 Å². The number of carbonyl (C=O) groups is 1. The third-order valence-electron chi connectivity index (χ3n) is 13.3. The second-order valence-corrected chi connectivity index (χ2v) is 22.8. The summed E-state index contributed by atoms with van der Waals surface area (Å²) in [5, 5.41) is 13.9. The van der Waals surface area contributed by atoms with Crippen molar-refractivity contribution < 1.29 is 32.9 Å². The molecular weight excluding hydrogens is 864 g/mol. The van der Waals surface area contributed by atoms with Crippen molar-refractivity contribution in [3.63, 3.8) is 0 Å². The molecule has 0 radical (unpaired) electrons. The van der Waals surface area contributed by atoms with Gasteiger partial charge in [0.1, 0.15) is 13.2 Å². The molecule has 1 amide bonds. The van der Waals surface area contributed by atoms with Gasteiger partial charge in [-0.25, -0.2) is 0 Å². The van der Waals surface area contributed by atoms with Gasteiger partial charge in [-0.2, -0.15) is 0 Å². The molecule has 0 aromatic carbocycles. The van der Waals surface area contributed by atoms with E-state index in [4.69, 9.17) is 9.05 Å². The van der Waals surface area contributed by atoms with E-state index in [1.165, 1.54) is 225 Å². The van der Waals surface area contributed by atoms with Crippen LogP contribution in [0.1, 0.15) is 284 Å². The van der Waals surface area contributed by atoms with Gasteiger partial charge in [0, 0.05) is 6.42 Å². The number of allylic oxidation sites excluding steroid dienone is 5. The van der Waals surface area contributed by atoms with E-state index in [-0.39, 0.29) is 12.5 Å². The van der Waals surface area contributed by atoms with Crippen molar-refractivity contribution in [1.82, 2.24) is 5.32 Å². The Morgan fingerprint density at radius 2 is 0.824 bits per heavy atom. The number of amides is 1. The van der Waals surface area contributed by atoms with E-state index < -0.39 is 26.6 Å². The van der Waals surface area contributed by atoms with Gasteiger partial charge in [0.05, 0.1) is 39.9 Å². The molecule has 68 heavy (non-hydrogen) atoms. The van der Waals surface area contributed by atoms with Crippen molar-refractivity contribution in [2.75, 3.05) is 40.9 Å². The summed E-state index contributed by atoms with van der Waals surface area (Å²) in [7, 11) is 1.25. The quantitative estimate of drug-likeness (QED) is 0.0272. The highest BCUT2D eigenvalue weighted by Crippen LogP contribution is 2.38. The minimum Gasteiger partial charge on any atom is -0.756 e. The molecular formula is C59H115N2O6P. The molecule has 0 saturated carbocycles. The first-order valence-corrected chi connectivity index (χ1v) is 30.8. The Balaban J connectivity index is 4.25. The Hall–Kier alpha value is -1.28. The number of nitrogens with one attached hydrogen (secondary N) is 1. The molecule has 0 rings (SSSR count). The first-order valence-electron chi connectivity index (χ1n) is 29.4. The number of aliphatic hydroxyl groups is 1. The summed E-state index contributed by atoms with van der Waals surface area (Å²) in [5.74, 6) is -0.208. The zero-order valence-corrected chi connectivity index (χ0v) is 46.7. The fraction of sp³-hybridized carbons (Fsp3) is 0.881. The predicted octanol–water partition coefficient (Wildman–Crippen LogP) is 17.1. The van der Waals surface area contributed by atoms with Crippen molar-refractivity contribution in [1.29, 1.82) is 0 Å². The van der Waals surface area contributed by atoms with Gasteiger partial charge in [-0.15, -0.1) is 0 Å². The zero-order valence-electron chi connectivity index (χ0n) is 45.8. The Bertz CT molecular complexity index is 1200. The second kappa shape index (κ2) is 50.7. The molecule has 3 unspecified atom stereocenters.